The van der Waals surface area contributed by atoms with Crippen LogP contribution in [-0.2, 0) is 6.42 Å². The molecule has 0 radical (unpaired) electrons. The highest BCUT2D eigenvalue weighted by atomic mass is 35.5. The molecule has 2 aliphatic heterocycles. The summed E-state index contributed by atoms with van der Waals surface area (Å²) in [6.07, 6.45) is 0.677. The van der Waals surface area contributed by atoms with Crippen LogP contribution in [0.15, 0.2) is 42.5 Å². The maximum absolute atomic E-state index is 12.9. The van der Waals surface area contributed by atoms with E-state index in [2.05, 4.69) is 14.3 Å². The lowest BCUT2D eigenvalue weighted by atomic mass is 10.1. The van der Waals surface area contributed by atoms with E-state index in [0.717, 1.165) is 34.6 Å². The second-order valence-electron chi connectivity index (χ2n) is 7.14. The van der Waals surface area contributed by atoms with Gasteiger partial charge in [-0.05, 0) is 35.9 Å². The van der Waals surface area contributed by atoms with Gasteiger partial charge in [-0.2, -0.15) is 4.37 Å². The fourth-order valence-electron chi connectivity index (χ4n) is 3.54. The van der Waals surface area contributed by atoms with Crippen molar-refractivity contribution in [3.05, 3.63) is 64.4 Å². The summed E-state index contributed by atoms with van der Waals surface area (Å²) in [5.74, 6) is 2.12. The lowest BCUT2D eigenvalue weighted by Gasteiger charge is -2.34. The average Bonchev–Trinajstić information content (AvgIpc) is 3.44. The number of fused-ring (bicyclic) bond motifs is 1. The summed E-state index contributed by atoms with van der Waals surface area (Å²) >= 11 is 7.35. The number of ether oxygens (including phenoxy) is 2. The third-order valence-corrected chi connectivity index (χ3v) is 6.26. The van der Waals surface area contributed by atoms with E-state index in [1.165, 1.54) is 11.5 Å². The summed E-state index contributed by atoms with van der Waals surface area (Å²) in [6, 6.07) is 13.1. The van der Waals surface area contributed by atoms with Gasteiger partial charge in [0.2, 0.25) is 11.9 Å². The number of benzene rings is 2. The number of amides is 1. The third-order valence-electron chi connectivity index (χ3n) is 5.19. The van der Waals surface area contributed by atoms with Gasteiger partial charge in [0.25, 0.3) is 5.91 Å². The van der Waals surface area contributed by atoms with Crippen molar-refractivity contribution in [2.24, 2.45) is 0 Å². The van der Waals surface area contributed by atoms with E-state index in [1.54, 1.807) is 18.2 Å². The van der Waals surface area contributed by atoms with Crippen LogP contribution in [-0.4, -0.2) is 53.1 Å². The molecule has 1 amide bonds. The second-order valence-corrected chi connectivity index (χ2v) is 8.31. The van der Waals surface area contributed by atoms with Crippen molar-refractivity contribution in [3.63, 3.8) is 0 Å². The highest BCUT2D eigenvalue weighted by molar-refractivity contribution is 7.09. The first-order valence-corrected chi connectivity index (χ1v) is 10.8. The van der Waals surface area contributed by atoms with Crippen LogP contribution in [0.3, 0.4) is 0 Å². The molecule has 2 aliphatic rings. The molecule has 7 nitrogen and oxygen atoms in total. The van der Waals surface area contributed by atoms with Crippen molar-refractivity contribution in [2.75, 3.05) is 37.9 Å². The van der Waals surface area contributed by atoms with E-state index in [9.17, 15) is 4.79 Å². The van der Waals surface area contributed by atoms with Crippen molar-refractivity contribution in [1.29, 1.82) is 0 Å². The van der Waals surface area contributed by atoms with Crippen molar-refractivity contribution >= 4 is 34.2 Å². The Morgan fingerprint density at radius 2 is 1.80 bits per heavy atom. The minimum Gasteiger partial charge on any atom is -0.454 e. The average molecular weight is 443 g/mol. The Hall–Kier alpha value is -2.84. The minimum atomic E-state index is 0.00800. The van der Waals surface area contributed by atoms with Gasteiger partial charge >= 0.3 is 0 Å². The molecule has 2 aromatic carbocycles. The second kappa shape index (κ2) is 8.12. The molecule has 0 bridgehead atoms. The van der Waals surface area contributed by atoms with Crippen LogP contribution in [0.5, 0.6) is 11.5 Å². The lowest BCUT2D eigenvalue weighted by molar-refractivity contribution is 0.0746. The topological polar surface area (TPSA) is 67.8 Å². The highest BCUT2D eigenvalue weighted by Gasteiger charge is 2.25. The van der Waals surface area contributed by atoms with E-state index >= 15 is 0 Å². The molecule has 1 saturated heterocycles. The van der Waals surface area contributed by atoms with Crippen LogP contribution in [0, 0.1) is 0 Å². The molecular weight excluding hydrogens is 424 g/mol. The SMILES string of the molecule is O=C(c1ccc2c(c1)OCO2)N1CCN(c2nc(Cc3ccc(Cl)cc3)ns2)CC1. The molecular formula is C21H19ClN4O3S. The number of rotatable bonds is 4. The normalized spacial score (nSPS) is 15.5. The molecule has 3 aromatic rings. The van der Waals surface area contributed by atoms with Crippen LogP contribution in [0.25, 0.3) is 0 Å². The van der Waals surface area contributed by atoms with Gasteiger partial charge in [0.1, 0.15) is 5.82 Å². The van der Waals surface area contributed by atoms with E-state index in [0.29, 0.717) is 36.6 Å². The molecule has 1 fully saturated rings. The summed E-state index contributed by atoms with van der Waals surface area (Å²) < 4.78 is 15.2. The summed E-state index contributed by atoms with van der Waals surface area (Å²) in [4.78, 5) is 21.6. The smallest absolute Gasteiger partial charge is 0.254 e. The van der Waals surface area contributed by atoms with Gasteiger partial charge in [-0.15, -0.1) is 0 Å². The number of carbonyl (C=O) groups is 1. The largest absolute Gasteiger partial charge is 0.454 e. The third kappa shape index (κ3) is 3.93. The Balaban J connectivity index is 1.19. The molecule has 3 heterocycles. The number of carbonyl (C=O) groups excluding carboxylic acids is 1. The molecule has 0 aliphatic carbocycles. The number of hydrogen-bond acceptors (Lipinski definition) is 7. The van der Waals surface area contributed by atoms with E-state index < -0.39 is 0 Å². The molecule has 154 valence electrons. The van der Waals surface area contributed by atoms with Crippen molar-refractivity contribution < 1.29 is 14.3 Å². The Morgan fingerprint density at radius 3 is 2.60 bits per heavy atom. The number of aromatic nitrogens is 2. The van der Waals surface area contributed by atoms with Crippen LogP contribution in [0.2, 0.25) is 5.02 Å². The maximum atomic E-state index is 12.9. The van der Waals surface area contributed by atoms with Gasteiger partial charge in [-0.3, -0.25) is 4.79 Å². The zero-order valence-electron chi connectivity index (χ0n) is 16.1. The molecule has 0 atom stereocenters. The Kier molecular flexibility index (Phi) is 5.18. The number of hydrogen-bond donors (Lipinski definition) is 0. The van der Waals surface area contributed by atoms with E-state index in [1.807, 2.05) is 29.2 Å². The first kappa shape index (κ1) is 19.1. The molecule has 0 spiro atoms. The Bertz CT molecular complexity index is 1060. The van der Waals surface area contributed by atoms with Gasteiger partial charge in [-0.25, -0.2) is 4.98 Å². The standard InChI is InChI=1S/C21H19ClN4O3S/c22-16-4-1-14(2-5-16)11-19-23-21(30-24-19)26-9-7-25(8-10-26)20(27)15-3-6-17-18(12-15)29-13-28-17/h1-6,12H,7-11,13H2. The molecule has 9 heteroatoms. The van der Waals surface area contributed by atoms with Crippen LogP contribution in [0.1, 0.15) is 21.7 Å². The maximum Gasteiger partial charge on any atom is 0.254 e. The van der Waals surface area contributed by atoms with Crippen LogP contribution >= 0.6 is 23.1 Å². The van der Waals surface area contributed by atoms with Gasteiger partial charge < -0.3 is 19.3 Å². The number of halogens is 1. The molecule has 30 heavy (non-hydrogen) atoms. The van der Waals surface area contributed by atoms with Crippen molar-refractivity contribution in [2.45, 2.75) is 6.42 Å². The zero-order chi connectivity index (χ0) is 20.5. The summed E-state index contributed by atoms with van der Waals surface area (Å²) in [6.45, 7) is 2.93. The van der Waals surface area contributed by atoms with Crippen LogP contribution < -0.4 is 14.4 Å². The lowest BCUT2D eigenvalue weighted by Crippen LogP contribution is -2.48. The van der Waals surface area contributed by atoms with Gasteiger partial charge in [0.05, 0.1) is 0 Å². The molecule has 0 N–H and O–H groups in total. The fourth-order valence-corrected chi connectivity index (χ4v) is 4.41. The quantitative estimate of drug-likeness (QED) is 0.616. The molecule has 5 rings (SSSR count). The van der Waals surface area contributed by atoms with Gasteiger partial charge in [-0.1, -0.05) is 23.7 Å². The first-order valence-electron chi connectivity index (χ1n) is 9.66. The van der Waals surface area contributed by atoms with Crippen LogP contribution in [0.4, 0.5) is 5.13 Å². The zero-order valence-corrected chi connectivity index (χ0v) is 17.7. The number of piperazine rings is 1. The van der Waals surface area contributed by atoms with Gasteiger partial charge in [0, 0.05) is 54.7 Å². The monoisotopic (exact) mass is 442 g/mol. The Labute approximate surface area is 183 Å². The summed E-state index contributed by atoms with van der Waals surface area (Å²) in [5.41, 5.74) is 1.75. The van der Waals surface area contributed by atoms with Gasteiger partial charge in [0.15, 0.2) is 11.5 Å². The summed E-state index contributed by atoms with van der Waals surface area (Å²) in [7, 11) is 0. The number of anilines is 1. The summed E-state index contributed by atoms with van der Waals surface area (Å²) in [5, 5.41) is 1.62. The predicted octanol–water partition coefficient (Wildman–Crippen LogP) is 3.47. The molecule has 1 aromatic heterocycles. The van der Waals surface area contributed by atoms with Crippen molar-refractivity contribution in [1.82, 2.24) is 14.3 Å². The number of nitrogens with zero attached hydrogens (tertiary/aromatic N) is 4. The van der Waals surface area contributed by atoms with E-state index in [-0.39, 0.29) is 12.7 Å². The molecule has 0 saturated carbocycles. The minimum absolute atomic E-state index is 0.00800. The van der Waals surface area contributed by atoms with Crippen molar-refractivity contribution in [3.8, 4) is 11.5 Å². The Morgan fingerprint density at radius 1 is 1.03 bits per heavy atom. The molecule has 0 unspecified atom stereocenters. The fraction of sp³-hybridized carbons (Fsp3) is 0.286. The van der Waals surface area contributed by atoms with E-state index in [4.69, 9.17) is 21.1 Å². The highest BCUT2D eigenvalue weighted by Crippen LogP contribution is 2.33. The first-order chi connectivity index (χ1) is 14.7. The predicted molar refractivity (Wildman–Crippen MR) is 115 cm³/mol.